The van der Waals surface area contributed by atoms with E-state index in [1.807, 2.05) is 13.2 Å². The van der Waals surface area contributed by atoms with Crippen LogP contribution < -0.4 is 5.32 Å². The Kier molecular flexibility index (Phi) is 2.95. The highest BCUT2D eigenvalue weighted by molar-refractivity contribution is 9.10. The van der Waals surface area contributed by atoms with E-state index in [0.717, 1.165) is 29.7 Å². The smallest absolute Gasteiger partial charge is 0.317 e. The third-order valence-corrected chi connectivity index (χ3v) is 3.03. The molecule has 1 aromatic heterocycles. The Morgan fingerprint density at radius 2 is 2.47 bits per heavy atom. The van der Waals surface area contributed by atoms with Gasteiger partial charge in [-0.15, -0.1) is 0 Å². The van der Waals surface area contributed by atoms with Crippen molar-refractivity contribution in [1.29, 1.82) is 0 Å². The van der Waals surface area contributed by atoms with Crippen molar-refractivity contribution < 1.29 is 4.79 Å². The molecule has 1 fully saturated rings. The minimum Gasteiger partial charge on any atom is -0.338 e. The molecule has 5 nitrogen and oxygen atoms in total. The molecule has 0 aliphatic carbocycles. The molecule has 0 radical (unpaired) electrons. The Hall–Kier alpha value is -1.04. The van der Waals surface area contributed by atoms with Crippen LogP contribution in [-0.2, 0) is 13.6 Å². The average molecular weight is 273 g/mol. The summed E-state index contributed by atoms with van der Waals surface area (Å²) in [5.74, 6) is 0. The van der Waals surface area contributed by atoms with Crippen molar-refractivity contribution >= 4 is 22.0 Å². The third-order valence-electron chi connectivity index (χ3n) is 2.36. The molecule has 82 valence electrons. The standard InChI is InChI=1S/C9H13BrN4O/c1-13-5-7(10)8(12-13)6-14-4-2-3-11-9(14)15/h5H,2-4,6H2,1H3,(H,11,15). The number of aromatic nitrogens is 2. The van der Waals surface area contributed by atoms with Gasteiger partial charge in [0.1, 0.15) is 0 Å². The fraction of sp³-hybridized carbons (Fsp3) is 0.556. The normalized spacial score (nSPS) is 16.7. The molecule has 2 heterocycles. The van der Waals surface area contributed by atoms with Crippen LogP contribution >= 0.6 is 15.9 Å². The number of amides is 2. The number of carbonyl (C=O) groups is 1. The summed E-state index contributed by atoms with van der Waals surface area (Å²) in [5.41, 5.74) is 0.898. The Bertz CT molecular complexity index is 376. The van der Waals surface area contributed by atoms with Gasteiger partial charge in [0.25, 0.3) is 0 Å². The number of hydrogen-bond donors (Lipinski definition) is 1. The van der Waals surface area contributed by atoms with Gasteiger partial charge in [-0.3, -0.25) is 4.68 Å². The number of nitrogens with zero attached hydrogens (tertiary/aromatic N) is 3. The number of urea groups is 1. The topological polar surface area (TPSA) is 50.2 Å². The lowest BCUT2D eigenvalue weighted by Gasteiger charge is -2.26. The summed E-state index contributed by atoms with van der Waals surface area (Å²) in [6, 6.07) is -0.00111. The third kappa shape index (κ3) is 2.31. The predicted molar refractivity (Wildman–Crippen MR) is 59.3 cm³/mol. The Labute approximate surface area is 96.6 Å². The second kappa shape index (κ2) is 4.22. The maximum atomic E-state index is 11.5. The monoisotopic (exact) mass is 272 g/mol. The summed E-state index contributed by atoms with van der Waals surface area (Å²) in [5, 5.41) is 7.10. The van der Waals surface area contributed by atoms with Crippen LogP contribution in [0.3, 0.4) is 0 Å². The molecule has 0 spiro atoms. The van der Waals surface area contributed by atoms with E-state index in [2.05, 4.69) is 26.3 Å². The van der Waals surface area contributed by atoms with Crippen LogP contribution in [0.15, 0.2) is 10.7 Å². The summed E-state index contributed by atoms with van der Waals surface area (Å²) in [6.45, 7) is 2.14. The molecule has 0 aromatic carbocycles. The van der Waals surface area contributed by atoms with Gasteiger partial charge in [0.2, 0.25) is 0 Å². The second-order valence-electron chi connectivity index (χ2n) is 3.60. The van der Waals surface area contributed by atoms with Gasteiger partial charge in [-0.2, -0.15) is 5.10 Å². The first kappa shape index (κ1) is 10.5. The number of rotatable bonds is 2. The number of carbonyl (C=O) groups excluding carboxylic acids is 1. The van der Waals surface area contributed by atoms with Gasteiger partial charge in [-0.25, -0.2) is 4.79 Å². The molecule has 2 amide bonds. The first-order chi connectivity index (χ1) is 7.16. The molecule has 1 aliphatic heterocycles. The van der Waals surface area contributed by atoms with E-state index in [4.69, 9.17) is 0 Å². The molecular formula is C9H13BrN4O. The minimum absolute atomic E-state index is 0.00111. The number of halogens is 1. The lowest BCUT2D eigenvalue weighted by molar-refractivity contribution is 0.182. The van der Waals surface area contributed by atoms with E-state index in [-0.39, 0.29) is 6.03 Å². The molecule has 0 bridgehead atoms. The van der Waals surface area contributed by atoms with Crippen molar-refractivity contribution in [3.63, 3.8) is 0 Å². The summed E-state index contributed by atoms with van der Waals surface area (Å²) >= 11 is 3.42. The zero-order valence-electron chi connectivity index (χ0n) is 8.53. The van der Waals surface area contributed by atoms with Gasteiger partial charge >= 0.3 is 6.03 Å². The molecule has 1 aliphatic rings. The Morgan fingerprint density at radius 3 is 3.07 bits per heavy atom. The largest absolute Gasteiger partial charge is 0.338 e. The first-order valence-electron chi connectivity index (χ1n) is 4.87. The van der Waals surface area contributed by atoms with E-state index in [1.54, 1.807) is 9.58 Å². The lowest BCUT2D eigenvalue weighted by Crippen LogP contribution is -2.45. The van der Waals surface area contributed by atoms with Crippen LogP contribution in [-0.4, -0.2) is 33.8 Å². The van der Waals surface area contributed by atoms with E-state index >= 15 is 0 Å². The zero-order chi connectivity index (χ0) is 10.8. The van der Waals surface area contributed by atoms with E-state index in [1.165, 1.54) is 0 Å². The summed E-state index contributed by atoms with van der Waals surface area (Å²) in [7, 11) is 1.87. The number of nitrogens with one attached hydrogen (secondary N) is 1. The molecule has 1 saturated heterocycles. The van der Waals surface area contributed by atoms with Gasteiger partial charge in [0, 0.05) is 26.3 Å². The molecule has 0 atom stereocenters. The lowest BCUT2D eigenvalue weighted by atomic mass is 10.3. The van der Waals surface area contributed by atoms with E-state index in [9.17, 15) is 4.79 Å². The molecule has 1 N–H and O–H groups in total. The van der Waals surface area contributed by atoms with Gasteiger partial charge < -0.3 is 10.2 Å². The van der Waals surface area contributed by atoms with Crippen molar-refractivity contribution in [3.8, 4) is 0 Å². The SMILES string of the molecule is Cn1cc(Br)c(CN2CCCNC2=O)n1. The quantitative estimate of drug-likeness (QED) is 0.877. The van der Waals surface area contributed by atoms with Gasteiger partial charge in [0.05, 0.1) is 16.7 Å². The average Bonchev–Trinajstić information content (AvgIpc) is 2.49. The highest BCUT2D eigenvalue weighted by atomic mass is 79.9. The maximum absolute atomic E-state index is 11.5. The first-order valence-corrected chi connectivity index (χ1v) is 5.67. The zero-order valence-corrected chi connectivity index (χ0v) is 10.1. The van der Waals surface area contributed by atoms with Crippen LogP contribution in [0.1, 0.15) is 12.1 Å². The number of hydrogen-bond acceptors (Lipinski definition) is 2. The Morgan fingerprint density at radius 1 is 1.67 bits per heavy atom. The molecule has 6 heteroatoms. The van der Waals surface area contributed by atoms with Crippen molar-refractivity contribution in [2.45, 2.75) is 13.0 Å². The van der Waals surface area contributed by atoms with Crippen molar-refractivity contribution in [2.75, 3.05) is 13.1 Å². The molecule has 0 saturated carbocycles. The summed E-state index contributed by atoms with van der Waals surface area (Å²) in [6.07, 6.45) is 2.88. The summed E-state index contributed by atoms with van der Waals surface area (Å²) in [4.78, 5) is 13.3. The van der Waals surface area contributed by atoms with Crippen molar-refractivity contribution in [1.82, 2.24) is 20.0 Å². The van der Waals surface area contributed by atoms with Gasteiger partial charge in [-0.05, 0) is 22.4 Å². The van der Waals surface area contributed by atoms with Gasteiger partial charge in [-0.1, -0.05) is 0 Å². The fourth-order valence-electron chi connectivity index (χ4n) is 1.62. The molecule has 15 heavy (non-hydrogen) atoms. The van der Waals surface area contributed by atoms with E-state index in [0.29, 0.717) is 6.54 Å². The highest BCUT2D eigenvalue weighted by Gasteiger charge is 2.19. The van der Waals surface area contributed by atoms with Crippen molar-refractivity contribution in [2.24, 2.45) is 7.05 Å². The summed E-state index contributed by atoms with van der Waals surface area (Å²) < 4.78 is 2.68. The van der Waals surface area contributed by atoms with Gasteiger partial charge in [0.15, 0.2) is 0 Å². The van der Waals surface area contributed by atoms with Crippen LogP contribution in [0.5, 0.6) is 0 Å². The number of aryl methyl sites for hydroxylation is 1. The molecule has 0 unspecified atom stereocenters. The second-order valence-corrected chi connectivity index (χ2v) is 4.46. The molecule has 2 rings (SSSR count). The van der Waals surface area contributed by atoms with Crippen LogP contribution in [0.4, 0.5) is 4.79 Å². The minimum atomic E-state index is -0.00111. The van der Waals surface area contributed by atoms with Crippen LogP contribution in [0.25, 0.3) is 0 Å². The molecule has 1 aromatic rings. The van der Waals surface area contributed by atoms with Crippen molar-refractivity contribution in [3.05, 3.63) is 16.4 Å². The molecular weight excluding hydrogens is 260 g/mol. The predicted octanol–water partition coefficient (Wildman–Crippen LogP) is 1.10. The maximum Gasteiger partial charge on any atom is 0.317 e. The van der Waals surface area contributed by atoms with Crippen LogP contribution in [0.2, 0.25) is 0 Å². The fourth-order valence-corrected chi connectivity index (χ4v) is 2.12. The highest BCUT2D eigenvalue weighted by Crippen LogP contribution is 2.17. The van der Waals surface area contributed by atoms with Crippen LogP contribution in [0, 0.1) is 0 Å². The Balaban J connectivity index is 2.07. The van der Waals surface area contributed by atoms with E-state index < -0.39 is 0 Å².